The van der Waals surface area contributed by atoms with Crippen molar-refractivity contribution in [2.45, 2.75) is 168 Å². The number of aliphatic hydroxyl groups is 6. The first-order valence-electron chi connectivity index (χ1n) is 20.5. The van der Waals surface area contributed by atoms with Crippen LogP contribution in [0, 0.1) is 50.2 Å². The van der Waals surface area contributed by atoms with Crippen molar-refractivity contribution in [3.05, 3.63) is 11.6 Å². The first kappa shape index (κ1) is 41.6. The minimum absolute atomic E-state index is 0.0261. The maximum atomic E-state index is 14.8. The molecule has 4 saturated carbocycles. The molecule has 0 spiro atoms. The first-order chi connectivity index (χ1) is 25.6. The maximum Gasteiger partial charge on any atom is 0.311 e. The fourth-order valence-corrected chi connectivity index (χ4v) is 13.3. The molecule has 0 amide bonds. The van der Waals surface area contributed by atoms with Gasteiger partial charge in [-0.1, -0.05) is 47.1 Å². The second-order valence-electron chi connectivity index (χ2n) is 20.3. The zero-order chi connectivity index (χ0) is 40.3. The van der Waals surface area contributed by atoms with Crippen molar-refractivity contribution in [1.82, 2.24) is 0 Å². The monoisotopic (exact) mass is 778 g/mol. The third kappa shape index (κ3) is 6.23. The number of aliphatic hydroxyl groups excluding tert-OH is 6. The summed E-state index contributed by atoms with van der Waals surface area (Å²) in [5, 5.41) is 62.8. The van der Waals surface area contributed by atoms with Gasteiger partial charge in [0.2, 0.25) is 0 Å². The SMILES string of the molecule is COC(=O)[C@@]1(C)CC[C@]2(C)CC[C@]3(C)C(=CC(=O)[C@@H]4[C@@]5(C)CC[C@H](O[C@@H]6O[C@H](CO[C@@H]7OC[C@@H](O)[C@H](O)[C@H]7O)[C@@H](O)[C@H](O)[C@H]6O)C(C)(C)[C@@H]5CC[C@]43C)[C@@H]2C1. The van der Waals surface area contributed by atoms with E-state index in [2.05, 4.69) is 41.5 Å². The van der Waals surface area contributed by atoms with Crippen LogP contribution in [0.5, 0.6) is 0 Å². The summed E-state index contributed by atoms with van der Waals surface area (Å²) in [6.45, 7) is 15.1. The van der Waals surface area contributed by atoms with Gasteiger partial charge in [-0.3, -0.25) is 9.59 Å². The van der Waals surface area contributed by atoms with Crippen LogP contribution in [-0.2, 0) is 33.3 Å². The molecule has 0 aromatic rings. The first-order valence-corrected chi connectivity index (χ1v) is 20.5. The van der Waals surface area contributed by atoms with Crippen LogP contribution in [0.2, 0.25) is 0 Å². The van der Waals surface area contributed by atoms with Crippen LogP contribution in [0.4, 0.5) is 0 Å². The van der Waals surface area contributed by atoms with Gasteiger partial charge in [0, 0.05) is 5.92 Å². The second-order valence-corrected chi connectivity index (χ2v) is 20.3. The van der Waals surface area contributed by atoms with Crippen LogP contribution < -0.4 is 0 Å². The molecule has 18 atom stereocenters. The molecule has 0 radical (unpaired) electrons. The molecule has 312 valence electrons. The zero-order valence-corrected chi connectivity index (χ0v) is 33.9. The number of ketones is 1. The molecule has 55 heavy (non-hydrogen) atoms. The standard InChI is InChI=1S/C42H66O13/c1-37(2)26-9-12-42(7)33(23(43)17-21-22-18-39(4,36(50)51-8)14-13-38(22,3)15-16-41(21,42)6)40(26,5)11-10-27(37)55-35-32(49)30(47)29(46)25(54-35)20-53-34-31(48)28(45)24(44)19-52-34/h17,22,24-35,44-49H,9-16,18-20H2,1-8H3/t22-,24+,25+,26-,27-,28-,29+,30-,31+,32+,33+,34-,35-,38+,39-,40-,41+,42+/m0/s1. The van der Waals surface area contributed by atoms with Gasteiger partial charge in [0.1, 0.15) is 42.7 Å². The predicted octanol–water partition coefficient (Wildman–Crippen LogP) is 2.79. The summed E-state index contributed by atoms with van der Waals surface area (Å²) < 4.78 is 28.8. The van der Waals surface area contributed by atoms with E-state index in [9.17, 15) is 40.2 Å². The number of methoxy groups -OCH3 is 1. The van der Waals surface area contributed by atoms with Crippen LogP contribution in [-0.4, -0.2) is 124 Å². The predicted molar refractivity (Wildman–Crippen MR) is 197 cm³/mol. The number of esters is 1. The molecule has 2 aliphatic heterocycles. The molecular weight excluding hydrogens is 712 g/mol. The van der Waals surface area contributed by atoms with Gasteiger partial charge in [0.25, 0.3) is 0 Å². The number of allylic oxidation sites excluding steroid dienone is 2. The summed E-state index contributed by atoms with van der Waals surface area (Å²) in [4.78, 5) is 27.9. The normalized spacial score (nSPS) is 53.5. The van der Waals surface area contributed by atoms with Crippen molar-refractivity contribution in [3.63, 3.8) is 0 Å². The Morgan fingerprint density at radius 1 is 0.818 bits per heavy atom. The number of carbonyl (C=O) groups excluding carboxylic acids is 2. The van der Waals surface area contributed by atoms with Gasteiger partial charge in [0.05, 0.1) is 31.8 Å². The van der Waals surface area contributed by atoms with Crippen LogP contribution in [0.25, 0.3) is 0 Å². The molecule has 0 bridgehead atoms. The van der Waals surface area contributed by atoms with Crippen molar-refractivity contribution in [2.24, 2.45) is 50.2 Å². The van der Waals surface area contributed by atoms with Crippen LogP contribution in [0.1, 0.15) is 106 Å². The molecule has 5 aliphatic carbocycles. The summed E-state index contributed by atoms with van der Waals surface area (Å²) in [6, 6.07) is 0. The number of hydrogen-bond donors (Lipinski definition) is 6. The fraction of sp³-hybridized carbons (Fsp3) is 0.905. The van der Waals surface area contributed by atoms with Gasteiger partial charge in [-0.05, 0) is 110 Å². The highest BCUT2D eigenvalue weighted by Crippen LogP contribution is 2.75. The molecule has 6 fully saturated rings. The highest BCUT2D eigenvalue weighted by Gasteiger charge is 2.70. The molecule has 13 heteroatoms. The van der Waals surface area contributed by atoms with Crippen molar-refractivity contribution in [1.29, 1.82) is 0 Å². The van der Waals surface area contributed by atoms with Gasteiger partial charge in [-0.15, -0.1) is 0 Å². The lowest BCUT2D eigenvalue weighted by atomic mass is 9.33. The number of fused-ring (bicyclic) bond motifs is 7. The summed E-state index contributed by atoms with van der Waals surface area (Å²) in [5.41, 5.74) is -0.629. The van der Waals surface area contributed by atoms with Gasteiger partial charge in [0.15, 0.2) is 18.4 Å². The van der Waals surface area contributed by atoms with Gasteiger partial charge in [-0.25, -0.2) is 0 Å². The topological polar surface area (TPSA) is 202 Å². The minimum Gasteiger partial charge on any atom is -0.469 e. The summed E-state index contributed by atoms with van der Waals surface area (Å²) >= 11 is 0. The summed E-state index contributed by atoms with van der Waals surface area (Å²) in [7, 11) is 1.47. The lowest BCUT2D eigenvalue weighted by Crippen LogP contribution is -2.67. The van der Waals surface area contributed by atoms with E-state index in [0.717, 1.165) is 38.5 Å². The fourth-order valence-electron chi connectivity index (χ4n) is 13.3. The Labute approximate surface area is 325 Å². The van der Waals surface area contributed by atoms with E-state index in [0.29, 0.717) is 19.3 Å². The molecular formula is C42H66O13. The van der Waals surface area contributed by atoms with E-state index in [1.165, 1.54) is 12.7 Å². The molecule has 13 nitrogen and oxygen atoms in total. The molecule has 2 heterocycles. The van der Waals surface area contributed by atoms with E-state index in [1.54, 1.807) is 0 Å². The average Bonchev–Trinajstić information content (AvgIpc) is 3.13. The third-order valence-electron chi connectivity index (χ3n) is 17.0. The Bertz CT molecular complexity index is 1530. The van der Waals surface area contributed by atoms with E-state index in [4.69, 9.17) is 23.7 Å². The zero-order valence-electron chi connectivity index (χ0n) is 33.9. The minimum atomic E-state index is -1.61. The number of rotatable bonds is 6. The molecule has 0 aromatic heterocycles. The molecule has 7 aliphatic rings. The Hall–Kier alpha value is -1.52. The Kier molecular flexibility index (Phi) is 10.6. The van der Waals surface area contributed by atoms with Crippen LogP contribution in [0.15, 0.2) is 11.6 Å². The van der Waals surface area contributed by atoms with Crippen LogP contribution in [0.3, 0.4) is 0 Å². The summed E-state index contributed by atoms with van der Waals surface area (Å²) in [6.07, 6.45) is -3.70. The highest BCUT2D eigenvalue weighted by atomic mass is 16.7. The molecule has 0 aromatic carbocycles. The lowest BCUT2D eigenvalue weighted by Gasteiger charge is -2.70. The molecule has 0 unspecified atom stereocenters. The quantitative estimate of drug-likeness (QED) is 0.170. The number of hydrogen-bond acceptors (Lipinski definition) is 13. The smallest absolute Gasteiger partial charge is 0.311 e. The Morgan fingerprint density at radius 3 is 2.18 bits per heavy atom. The van der Waals surface area contributed by atoms with Gasteiger partial charge in [-0.2, -0.15) is 0 Å². The van der Waals surface area contributed by atoms with E-state index in [1.807, 2.05) is 13.0 Å². The van der Waals surface area contributed by atoms with Crippen molar-refractivity contribution in [3.8, 4) is 0 Å². The highest BCUT2D eigenvalue weighted by molar-refractivity contribution is 5.95. The van der Waals surface area contributed by atoms with Crippen molar-refractivity contribution < 1.29 is 63.9 Å². The number of ether oxygens (including phenoxy) is 5. The molecule has 2 saturated heterocycles. The summed E-state index contributed by atoms with van der Waals surface area (Å²) in [5.74, 6) is 0.0284. The average molecular weight is 779 g/mol. The van der Waals surface area contributed by atoms with Gasteiger partial charge >= 0.3 is 5.97 Å². The second kappa shape index (κ2) is 14.1. The molecule has 7 rings (SSSR count). The Morgan fingerprint density at radius 2 is 1.49 bits per heavy atom. The van der Waals surface area contributed by atoms with Crippen molar-refractivity contribution >= 4 is 11.8 Å². The van der Waals surface area contributed by atoms with E-state index >= 15 is 0 Å². The van der Waals surface area contributed by atoms with E-state index < -0.39 is 72.2 Å². The Balaban J connectivity index is 1.10. The lowest BCUT2D eigenvalue weighted by molar-refractivity contribution is -0.340. The molecule has 6 N–H and O–H groups in total. The van der Waals surface area contributed by atoms with Crippen molar-refractivity contribution in [2.75, 3.05) is 20.3 Å². The maximum absolute atomic E-state index is 14.8. The van der Waals surface area contributed by atoms with E-state index in [-0.39, 0.29) is 64.4 Å². The van der Waals surface area contributed by atoms with Gasteiger partial charge < -0.3 is 54.3 Å². The largest absolute Gasteiger partial charge is 0.469 e. The third-order valence-corrected chi connectivity index (χ3v) is 17.0. The van der Waals surface area contributed by atoms with Crippen LogP contribution >= 0.6 is 0 Å². The number of carbonyl (C=O) groups is 2.